The Morgan fingerprint density at radius 3 is 3.07 bits per heavy atom. The highest BCUT2D eigenvalue weighted by Crippen LogP contribution is 2.21. The Morgan fingerprint density at radius 2 is 2.31 bits per heavy atom. The van der Waals surface area contributed by atoms with Gasteiger partial charge in [0, 0.05) is 56.2 Å². The van der Waals surface area contributed by atoms with Crippen LogP contribution in [0.3, 0.4) is 0 Å². The summed E-state index contributed by atoms with van der Waals surface area (Å²) in [4.78, 5) is 8.56. The van der Waals surface area contributed by atoms with Crippen LogP contribution in [0.5, 0.6) is 0 Å². The molecule has 0 amide bonds. The van der Waals surface area contributed by atoms with Crippen molar-refractivity contribution < 1.29 is 9.15 Å². The minimum atomic E-state index is 0.00631. The van der Waals surface area contributed by atoms with Crippen molar-refractivity contribution >= 4 is 17.3 Å². The number of hydrogen-bond donors (Lipinski definition) is 1. The van der Waals surface area contributed by atoms with Crippen molar-refractivity contribution in [1.82, 2.24) is 20.0 Å². The Hall–Kier alpha value is -2.58. The van der Waals surface area contributed by atoms with Gasteiger partial charge in [-0.25, -0.2) is 0 Å². The number of nitrogens with one attached hydrogen (secondary N) is 1. The smallest absolute Gasteiger partial charge is 0.194 e. The number of morpholine rings is 1. The van der Waals surface area contributed by atoms with E-state index in [4.69, 9.17) is 14.1 Å². The van der Waals surface area contributed by atoms with E-state index in [1.165, 1.54) is 4.88 Å². The maximum absolute atomic E-state index is 5.99. The van der Waals surface area contributed by atoms with E-state index in [2.05, 4.69) is 32.8 Å². The van der Waals surface area contributed by atoms with E-state index in [1.54, 1.807) is 17.6 Å². The third-order valence-corrected chi connectivity index (χ3v) is 5.83. The normalized spacial score (nSPS) is 17.6. The first-order valence-electron chi connectivity index (χ1n) is 9.96. The van der Waals surface area contributed by atoms with Gasteiger partial charge in [0.2, 0.25) is 0 Å². The van der Waals surface area contributed by atoms with Crippen LogP contribution in [0.25, 0.3) is 0 Å². The third-order valence-electron chi connectivity index (χ3n) is 4.90. The molecule has 1 fully saturated rings. The van der Waals surface area contributed by atoms with Crippen molar-refractivity contribution in [2.24, 2.45) is 12.0 Å². The van der Waals surface area contributed by atoms with Crippen LogP contribution in [-0.4, -0.2) is 53.4 Å². The first-order chi connectivity index (χ1) is 14.3. The van der Waals surface area contributed by atoms with E-state index >= 15 is 0 Å². The summed E-state index contributed by atoms with van der Waals surface area (Å²) in [6.07, 6.45) is 7.40. The molecule has 0 spiro atoms. The number of ether oxygens (including phenoxy) is 1. The standard InChI is InChI=1S/C21H27N5O2S/c1-25-15-17(14-24-25)20-16-26(10-12-28-20)21(22-8-6-18-4-2-11-27-18)23-9-7-19-5-3-13-29-19/h2-5,11,13-15,20H,6-10,12,16H2,1H3,(H,22,23). The van der Waals surface area contributed by atoms with Crippen LogP contribution < -0.4 is 5.32 Å². The Kier molecular flexibility index (Phi) is 6.63. The summed E-state index contributed by atoms with van der Waals surface area (Å²) in [5.41, 5.74) is 1.10. The molecule has 0 aliphatic carbocycles. The first-order valence-corrected chi connectivity index (χ1v) is 10.8. The monoisotopic (exact) mass is 413 g/mol. The highest BCUT2D eigenvalue weighted by molar-refractivity contribution is 7.09. The molecule has 29 heavy (non-hydrogen) atoms. The predicted molar refractivity (Wildman–Crippen MR) is 114 cm³/mol. The highest BCUT2D eigenvalue weighted by Gasteiger charge is 2.25. The fraction of sp³-hybridized carbons (Fsp3) is 0.429. The molecule has 154 valence electrons. The summed E-state index contributed by atoms with van der Waals surface area (Å²) in [6, 6.07) is 8.18. The number of thiophene rings is 1. The highest BCUT2D eigenvalue weighted by atomic mass is 32.1. The number of rotatable bonds is 7. The Bertz CT molecular complexity index is 888. The van der Waals surface area contributed by atoms with E-state index in [9.17, 15) is 0 Å². The molecule has 1 aliphatic rings. The lowest BCUT2D eigenvalue weighted by molar-refractivity contribution is -0.00806. The molecule has 0 saturated carbocycles. The molecule has 8 heteroatoms. The van der Waals surface area contributed by atoms with E-state index in [1.807, 2.05) is 36.3 Å². The predicted octanol–water partition coefficient (Wildman–Crippen LogP) is 2.88. The SMILES string of the molecule is Cn1cc(C2CN(C(=NCCc3cccs3)NCCc3ccco3)CCO2)cn1. The number of aryl methyl sites for hydroxylation is 1. The average Bonchev–Trinajstić information content (AvgIpc) is 3.50. The fourth-order valence-corrected chi connectivity index (χ4v) is 4.09. The summed E-state index contributed by atoms with van der Waals surface area (Å²) in [5, 5.41) is 9.92. The van der Waals surface area contributed by atoms with Crippen LogP contribution in [0.1, 0.15) is 22.3 Å². The lowest BCUT2D eigenvalue weighted by Gasteiger charge is -2.35. The van der Waals surface area contributed by atoms with Gasteiger partial charge < -0.3 is 19.4 Å². The molecule has 1 aliphatic heterocycles. The molecular weight excluding hydrogens is 386 g/mol. The molecule has 1 N–H and O–H groups in total. The zero-order valence-electron chi connectivity index (χ0n) is 16.7. The summed E-state index contributed by atoms with van der Waals surface area (Å²) in [5.74, 6) is 1.91. The molecule has 4 heterocycles. The first kappa shape index (κ1) is 19.7. The van der Waals surface area contributed by atoms with Crippen LogP contribution in [0.15, 0.2) is 57.7 Å². The van der Waals surface area contributed by atoms with Gasteiger partial charge in [-0.1, -0.05) is 6.07 Å². The van der Waals surface area contributed by atoms with E-state index in [0.717, 1.165) is 56.3 Å². The zero-order valence-corrected chi connectivity index (χ0v) is 17.5. The van der Waals surface area contributed by atoms with Gasteiger partial charge in [0.1, 0.15) is 11.9 Å². The minimum Gasteiger partial charge on any atom is -0.469 e. The van der Waals surface area contributed by atoms with Crippen LogP contribution in [0, 0.1) is 0 Å². The average molecular weight is 414 g/mol. The Labute approximate surface area is 175 Å². The van der Waals surface area contributed by atoms with Gasteiger partial charge in [-0.2, -0.15) is 5.10 Å². The van der Waals surface area contributed by atoms with E-state index < -0.39 is 0 Å². The molecule has 0 radical (unpaired) electrons. The van der Waals surface area contributed by atoms with Crippen molar-refractivity contribution in [1.29, 1.82) is 0 Å². The molecule has 4 rings (SSSR count). The molecule has 1 atom stereocenters. The van der Waals surface area contributed by atoms with Gasteiger partial charge in [0.25, 0.3) is 0 Å². The van der Waals surface area contributed by atoms with Crippen LogP contribution in [0.4, 0.5) is 0 Å². The molecule has 1 unspecified atom stereocenters. The van der Waals surface area contributed by atoms with Gasteiger partial charge in [-0.15, -0.1) is 11.3 Å². The molecule has 3 aromatic rings. The fourth-order valence-electron chi connectivity index (χ4n) is 3.40. The van der Waals surface area contributed by atoms with E-state index in [-0.39, 0.29) is 6.10 Å². The van der Waals surface area contributed by atoms with Crippen molar-refractivity contribution in [2.45, 2.75) is 18.9 Å². The molecule has 7 nitrogen and oxygen atoms in total. The van der Waals surface area contributed by atoms with Gasteiger partial charge in [-0.3, -0.25) is 9.67 Å². The second kappa shape index (κ2) is 9.76. The van der Waals surface area contributed by atoms with Gasteiger partial charge in [-0.05, 0) is 23.6 Å². The lowest BCUT2D eigenvalue weighted by atomic mass is 10.1. The third kappa shape index (κ3) is 5.48. The maximum atomic E-state index is 5.99. The number of nitrogens with zero attached hydrogens (tertiary/aromatic N) is 4. The topological polar surface area (TPSA) is 67.8 Å². The zero-order chi connectivity index (χ0) is 19.9. The Morgan fingerprint density at radius 1 is 1.34 bits per heavy atom. The van der Waals surface area contributed by atoms with Crippen molar-refractivity contribution in [2.75, 3.05) is 32.8 Å². The quantitative estimate of drug-likeness (QED) is 0.477. The molecule has 1 saturated heterocycles. The van der Waals surface area contributed by atoms with Crippen molar-refractivity contribution in [3.8, 4) is 0 Å². The minimum absolute atomic E-state index is 0.00631. The number of aliphatic imine (C=N–C) groups is 1. The van der Waals surface area contributed by atoms with E-state index in [0.29, 0.717) is 6.61 Å². The summed E-state index contributed by atoms with van der Waals surface area (Å²) < 4.78 is 13.3. The summed E-state index contributed by atoms with van der Waals surface area (Å²) in [6.45, 7) is 3.79. The number of hydrogen-bond acceptors (Lipinski definition) is 5. The summed E-state index contributed by atoms with van der Waals surface area (Å²) in [7, 11) is 1.93. The van der Waals surface area contributed by atoms with Gasteiger partial charge in [0.15, 0.2) is 5.96 Å². The van der Waals surface area contributed by atoms with Gasteiger partial charge in [0.05, 0.1) is 25.6 Å². The lowest BCUT2D eigenvalue weighted by Crippen LogP contribution is -2.48. The molecule has 0 bridgehead atoms. The van der Waals surface area contributed by atoms with Crippen LogP contribution in [-0.2, 0) is 24.6 Å². The summed E-state index contributed by atoms with van der Waals surface area (Å²) >= 11 is 1.78. The molecule has 0 aromatic carbocycles. The van der Waals surface area contributed by atoms with Gasteiger partial charge >= 0.3 is 0 Å². The second-order valence-electron chi connectivity index (χ2n) is 7.04. The van der Waals surface area contributed by atoms with Crippen molar-refractivity contribution in [3.05, 3.63) is 64.5 Å². The largest absolute Gasteiger partial charge is 0.469 e. The maximum Gasteiger partial charge on any atom is 0.194 e. The molecular formula is C21H27N5O2S. The van der Waals surface area contributed by atoms with Crippen LogP contribution >= 0.6 is 11.3 Å². The second-order valence-corrected chi connectivity index (χ2v) is 8.08. The Balaban J connectivity index is 1.40. The van der Waals surface area contributed by atoms with Crippen LogP contribution in [0.2, 0.25) is 0 Å². The number of guanidine groups is 1. The number of aromatic nitrogens is 2. The molecule has 3 aromatic heterocycles. The number of furan rings is 1. The van der Waals surface area contributed by atoms with Crippen molar-refractivity contribution in [3.63, 3.8) is 0 Å².